The van der Waals surface area contributed by atoms with Gasteiger partial charge in [0.1, 0.15) is 0 Å². The van der Waals surface area contributed by atoms with Gasteiger partial charge in [-0.15, -0.1) is 0 Å². The Bertz CT molecular complexity index is 835. The van der Waals surface area contributed by atoms with Crippen molar-refractivity contribution in [3.63, 3.8) is 0 Å². The van der Waals surface area contributed by atoms with E-state index in [0.29, 0.717) is 3.88 Å². The molecule has 6 nitrogen and oxygen atoms in total. The second kappa shape index (κ2) is 9.31. The Balaban J connectivity index is 2.69. The topological polar surface area (TPSA) is 78.9 Å². The molecule has 0 aromatic carbocycles. The monoisotopic (exact) mass is 450 g/mol. The van der Waals surface area contributed by atoms with Gasteiger partial charge in [-0.1, -0.05) is 0 Å². The molecule has 0 aromatic heterocycles. The molecule has 0 aromatic rings. The third-order valence-corrected chi connectivity index (χ3v) is 9.80. The molecule has 30 heavy (non-hydrogen) atoms. The Morgan fingerprint density at radius 2 is 1.23 bits per heavy atom. The first kappa shape index (κ1) is 24.1. The molecular weight excluding hydrogens is 420 g/mol. The molecule has 0 saturated carbocycles. The van der Waals surface area contributed by atoms with Gasteiger partial charge in [0.05, 0.1) is 0 Å². The molecule has 0 radical (unpaired) electrons. The van der Waals surface area contributed by atoms with E-state index in [2.05, 4.69) is 19.7 Å². The van der Waals surface area contributed by atoms with Crippen LogP contribution < -0.4 is 0 Å². The third kappa shape index (κ3) is 4.76. The second-order valence-electron chi connectivity index (χ2n) is 8.04. The van der Waals surface area contributed by atoms with Crippen molar-refractivity contribution in [1.29, 1.82) is 0 Å². The van der Waals surface area contributed by atoms with Crippen LogP contribution in [0, 0.1) is 5.92 Å². The van der Waals surface area contributed by atoms with E-state index in [4.69, 9.17) is 9.96 Å². The van der Waals surface area contributed by atoms with Crippen molar-refractivity contribution >= 4 is 17.9 Å². The molecule has 0 amide bonds. The van der Waals surface area contributed by atoms with Crippen molar-refractivity contribution in [3.8, 4) is 0 Å². The Hall–Kier alpha value is -2.18. The van der Waals surface area contributed by atoms with Gasteiger partial charge in [0.2, 0.25) is 0 Å². The Labute approximate surface area is 183 Å². The molecule has 1 atom stereocenters. The normalized spacial score (nSPS) is 18.5. The zero-order valence-electron chi connectivity index (χ0n) is 18.5. The molecule has 0 bridgehead atoms. The molecule has 7 heteroatoms. The summed E-state index contributed by atoms with van der Waals surface area (Å²) in [5.41, 5.74) is 3.64. The van der Waals surface area contributed by atoms with Gasteiger partial charge in [-0.2, -0.15) is 0 Å². The summed E-state index contributed by atoms with van der Waals surface area (Å²) < 4.78 is 17.9. The molecule has 2 aliphatic rings. The minimum atomic E-state index is -5.04. The fraction of sp³-hybridized carbons (Fsp3) is 0.435. The van der Waals surface area contributed by atoms with E-state index in [1.807, 2.05) is 13.8 Å². The minimum absolute atomic E-state index is 0.115. The molecular formula is C23H30O6Ti. The fourth-order valence-electron chi connectivity index (χ4n) is 3.85. The van der Waals surface area contributed by atoms with E-state index in [0.717, 1.165) is 31.3 Å². The summed E-state index contributed by atoms with van der Waals surface area (Å²) in [6.07, 6.45) is 3.92. The molecule has 0 N–H and O–H groups in total. The number of carbonyl (C=O) groups is 3. The van der Waals surface area contributed by atoms with Crippen molar-refractivity contribution in [3.05, 3.63) is 57.1 Å². The van der Waals surface area contributed by atoms with Gasteiger partial charge in [0.25, 0.3) is 0 Å². The van der Waals surface area contributed by atoms with Crippen molar-refractivity contribution < 1.29 is 42.1 Å². The molecule has 0 fully saturated rings. The standard InChI is InChI=1S/C11H15.3C4H6O2.Ti/c1-8-7-9(2)11-6-4-3-5-10(8)11;3*1-3(2)4(5)6;/h8H,3-6H2,1-2H3;3*1H2,2H3,(H,5,6);/q;;;;+3/p-3. The Morgan fingerprint density at radius 3 is 1.60 bits per heavy atom. The van der Waals surface area contributed by atoms with Crippen molar-refractivity contribution in [1.82, 2.24) is 0 Å². The van der Waals surface area contributed by atoms with Gasteiger partial charge in [0, 0.05) is 0 Å². The maximum atomic E-state index is 12.6. The van der Waals surface area contributed by atoms with Crippen LogP contribution in [0.5, 0.6) is 0 Å². The van der Waals surface area contributed by atoms with Crippen LogP contribution in [-0.4, -0.2) is 17.9 Å². The maximum absolute atomic E-state index is 12.6. The average Bonchev–Trinajstić information content (AvgIpc) is 2.92. The van der Waals surface area contributed by atoms with Crippen LogP contribution in [0.1, 0.15) is 60.3 Å². The molecule has 0 heterocycles. The van der Waals surface area contributed by atoms with Gasteiger partial charge in [0.15, 0.2) is 0 Å². The van der Waals surface area contributed by atoms with E-state index < -0.39 is 35.7 Å². The average molecular weight is 450 g/mol. The summed E-state index contributed by atoms with van der Waals surface area (Å²) in [6.45, 7) is 19.2. The first-order valence-electron chi connectivity index (χ1n) is 10.0. The van der Waals surface area contributed by atoms with Crippen molar-refractivity contribution in [2.24, 2.45) is 5.92 Å². The molecule has 1 unspecified atom stereocenters. The summed E-state index contributed by atoms with van der Waals surface area (Å²) in [4.78, 5) is 37.8. The SMILES string of the molecule is C=C(C)C(=O)[O][Ti]([O]C(=O)C(=C)C)([O]C(=O)C(=C)C)[C]1=C(C)C2=C(CCCC2)C1C. The van der Waals surface area contributed by atoms with Crippen LogP contribution in [-0.2, 0) is 42.1 Å². The van der Waals surface area contributed by atoms with Crippen LogP contribution in [0.4, 0.5) is 0 Å². The van der Waals surface area contributed by atoms with E-state index in [1.165, 1.54) is 31.9 Å². The van der Waals surface area contributed by atoms with Crippen molar-refractivity contribution in [2.75, 3.05) is 0 Å². The molecule has 0 spiro atoms. The number of allylic oxidation sites excluding steroid dienone is 4. The number of hydrogen-bond donors (Lipinski definition) is 0. The van der Waals surface area contributed by atoms with Crippen LogP contribution in [0.2, 0.25) is 0 Å². The van der Waals surface area contributed by atoms with Crippen LogP contribution in [0.25, 0.3) is 0 Å². The zero-order valence-corrected chi connectivity index (χ0v) is 20.0. The van der Waals surface area contributed by atoms with E-state index in [-0.39, 0.29) is 22.6 Å². The molecule has 2 rings (SSSR count). The zero-order chi connectivity index (χ0) is 22.8. The number of carbonyl (C=O) groups excluding carboxylic acids is 3. The van der Waals surface area contributed by atoms with Crippen LogP contribution >= 0.6 is 0 Å². The molecule has 0 saturated heterocycles. The first-order valence-corrected chi connectivity index (χ1v) is 12.7. The Kier molecular flexibility index (Phi) is 7.48. The van der Waals surface area contributed by atoms with Crippen LogP contribution in [0.15, 0.2) is 57.1 Å². The van der Waals surface area contributed by atoms with Gasteiger partial charge in [-0.25, -0.2) is 0 Å². The van der Waals surface area contributed by atoms with E-state index in [1.54, 1.807) is 0 Å². The third-order valence-electron chi connectivity index (χ3n) is 5.38. The molecule has 162 valence electrons. The Morgan fingerprint density at radius 1 is 0.833 bits per heavy atom. The predicted molar refractivity (Wildman–Crippen MR) is 110 cm³/mol. The van der Waals surface area contributed by atoms with E-state index >= 15 is 0 Å². The van der Waals surface area contributed by atoms with Gasteiger partial charge < -0.3 is 0 Å². The number of hydrogen-bond acceptors (Lipinski definition) is 6. The second-order valence-corrected chi connectivity index (χ2v) is 11.6. The van der Waals surface area contributed by atoms with Gasteiger partial charge >= 0.3 is 183 Å². The van der Waals surface area contributed by atoms with Gasteiger partial charge in [-0.05, 0) is 0 Å². The summed E-state index contributed by atoms with van der Waals surface area (Å²) in [5.74, 6) is -2.46. The molecule has 2 aliphatic carbocycles. The first-order chi connectivity index (χ1) is 13.9. The fourth-order valence-corrected chi connectivity index (χ4v) is 8.57. The number of rotatable bonds is 7. The summed E-state index contributed by atoms with van der Waals surface area (Å²) in [5, 5.41) is 0. The van der Waals surface area contributed by atoms with Crippen LogP contribution in [0.3, 0.4) is 0 Å². The van der Waals surface area contributed by atoms with Crippen molar-refractivity contribution in [2.45, 2.75) is 60.3 Å². The predicted octanol–water partition coefficient (Wildman–Crippen LogP) is 5.04. The summed E-state index contributed by atoms with van der Waals surface area (Å²) >= 11 is -5.04. The van der Waals surface area contributed by atoms with Gasteiger partial charge in [-0.3, -0.25) is 0 Å². The summed E-state index contributed by atoms with van der Waals surface area (Å²) in [7, 11) is 0. The molecule has 0 aliphatic heterocycles. The quantitative estimate of drug-likeness (QED) is 0.400. The summed E-state index contributed by atoms with van der Waals surface area (Å²) in [6, 6.07) is 0. The van der Waals surface area contributed by atoms with E-state index in [9.17, 15) is 14.4 Å².